The number of anilines is 1. The summed E-state index contributed by atoms with van der Waals surface area (Å²) < 4.78 is 23.9. The lowest BCUT2D eigenvalue weighted by Crippen LogP contribution is -2.44. The van der Waals surface area contributed by atoms with E-state index in [4.69, 9.17) is 0 Å². The Morgan fingerprint density at radius 1 is 1.12 bits per heavy atom. The molecule has 7 heteroatoms. The summed E-state index contributed by atoms with van der Waals surface area (Å²) in [5, 5.41) is 11.1. The summed E-state index contributed by atoms with van der Waals surface area (Å²) >= 11 is 0. The van der Waals surface area contributed by atoms with E-state index >= 15 is 0 Å². The fourth-order valence-corrected chi connectivity index (χ4v) is 5.14. The molecular weight excluding hydrogens is 328 g/mol. The van der Waals surface area contributed by atoms with Gasteiger partial charge in [-0.15, -0.1) is 0 Å². The van der Waals surface area contributed by atoms with Crippen molar-refractivity contribution in [2.24, 2.45) is 5.41 Å². The van der Waals surface area contributed by atoms with Gasteiger partial charge in [0.2, 0.25) is 0 Å². The summed E-state index contributed by atoms with van der Waals surface area (Å²) in [5.74, 6) is 0. The number of hydrogen-bond donors (Lipinski definition) is 0. The fraction of sp³-hybridized carbons (Fsp3) is 0.647. The summed E-state index contributed by atoms with van der Waals surface area (Å²) in [7, 11) is -3.64. The van der Waals surface area contributed by atoms with Crippen molar-refractivity contribution in [1.82, 2.24) is 0 Å². The molecule has 1 aromatic carbocycles. The molecule has 0 radical (unpaired) electrons. The van der Waals surface area contributed by atoms with Crippen LogP contribution in [-0.4, -0.2) is 32.7 Å². The maximum absolute atomic E-state index is 12.0. The summed E-state index contributed by atoms with van der Waals surface area (Å²) in [4.78, 5) is 12.5. The Hall–Kier alpha value is -1.63. The average molecular weight is 352 g/mol. The van der Waals surface area contributed by atoms with Crippen LogP contribution in [-0.2, 0) is 9.84 Å². The van der Waals surface area contributed by atoms with Gasteiger partial charge in [0, 0.05) is 31.1 Å². The van der Waals surface area contributed by atoms with Crippen LogP contribution < -0.4 is 4.90 Å². The molecule has 1 aromatic rings. The number of nitro groups is 1. The molecule has 1 spiro atoms. The number of piperidine rings is 1. The van der Waals surface area contributed by atoms with Crippen molar-refractivity contribution >= 4 is 21.2 Å². The van der Waals surface area contributed by atoms with Crippen molar-refractivity contribution in [3.05, 3.63) is 28.3 Å². The molecule has 0 atom stereocenters. The van der Waals surface area contributed by atoms with Crippen LogP contribution in [0.2, 0.25) is 0 Å². The highest BCUT2D eigenvalue weighted by molar-refractivity contribution is 7.90. The van der Waals surface area contributed by atoms with Gasteiger partial charge in [-0.1, -0.05) is 19.3 Å². The fourth-order valence-electron chi connectivity index (χ4n) is 4.29. The molecule has 1 aliphatic carbocycles. The first kappa shape index (κ1) is 17.2. The summed E-state index contributed by atoms with van der Waals surface area (Å²) in [6.07, 6.45) is 9.65. The molecule has 1 heterocycles. The maximum atomic E-state index is 12.0. The molecule has 132 valence electrons. The number of rotatable bonds is 3. The molecule has 0 bridgehead atoms. The SMILES string of the molecule is CS(=O)(=O)c1cc(N2CCCC3(CCCCC3)C2)ccc1[N+](=O)[O-]. The van der Waals surface area contributed by atoms with E-state index in [9.17, 15) is 18.5 Å². The minimum absolute atomic E-state index is 0.187. The second-order valence-electron chi connectivity index (χ2n) is 7.27. The number of benzene rings is 1. The Bertz CT molecular complexity index is 733. The van der Waals surface area contributed by atoms with Crippen LogP contribution >= 0.6 is 0 Å². The number of hydrogen-bond acceptors (Lipinski definition) is 5. The van der Waals surface area contributed by atoms with Gasteiger partial charge in [0.05, 0.1) is 4.92 Å². The summed E-state index contributed by atoms with van der Waals surface area (Å²) in [5.41, 5.74) is 0.778. The molecule has 2 fully saturated rings. The zero-order valence-corrected chi connectivity index (χ0v) is 14.8. The smallest absolute Gasteiger partial charge is 0.288 e. The van der Waals surface area contributed by atoms with Gasteiger partial charge in [-0.3, -0.25) is 10.1 Å². The predicted molar refractivity (Wildman–Crippen MR) is 93.2 cm³/mol. The molecule has 0 unspecified atom stereocenters. The van der Waals surface area contributed by atoms with Crippen molar-refractivity contribution in [2.75, 3.05) is 24.2 Å². The number of nitro benzene ring substituents is 1. The second-order valence-corrected chi connectivity index (χ2v) is 9.25. The average Bonchev–Trinajstić information content (AvgIpc) is 2.54. The lowest BCUT2D eigenvalue weighted by Gasteiger charge is -2.46. The van der Waals surface area contributed by atoms with Crippen molar-refractivity contribution in [1.29, 1.82) is 0 Å². The predicted octanol–water partition coefficient (Wildman–Crippen LogP) is 3.55. The van der Waals surface area contributed by atoms with E-state index < -0.39 is 14.8 Å². The normalized spacial score (nSPS) is 21.0. The molecule has 3 rings (SSSR count). The first-order valence-corrected chi connectivity index (χ1v) is 10.4. The zero-order chi connectivity index (χ0) is 17.4. The van der Waals surface area contributed by atoms with Crippen LogP contribution in [0.1, 0.15) is 44.9 Å². The van der Waals surface area contributed by atoms with Crippen molar-refractivity contribution in [3.8, 4) is 0 Å². The highest BCUT2D eigenvalue weighted by Gasteiger charge is 2.37. The standard InChI is InChI=1S/C17H24N2O4S/c1-24(22,23)16-12-14(6-7-15(16)19(20)21)18-11-5-10-17(13-18)8-3-2-4-9-17/h6-7,12H,2-5,8-11,13H2,1H3. The highest BCUT2D eigenvalue weighted by atomic mass is 32.2. The minimum Gasteiger partial charge on any atom is -0.371 e. The first-order chi connectivity index (χ1) is 11.3. The monoisotopic (exact) mass is 352 g/mol. The van der Waals surface area contributed by atoms with E-state index in [2.05, 4.69) is 4.90 Å². The number of nitrogens with zero attached hydrogens (tertiary/aromatic N) is 2. The van der Waals surface area contributed by atoms with Crippen molar-refractivity contribution in [2.45, 2.75) is 49.8 Å². The van der Waals surface area contributed by atoms with Gasteiger partial charge in [-0.2, -0.15) is 0 Å². The van der Waals surface area contributed by atoms with E-state index in [1.54, 1.807) is 6.07 Å². The molecule has 0 amide bonds. The second kappa shape index (κ2) is 6.35. The van der Waals surface area contributed by atoms with Gasteiger partial charge in [0.25, 0.3) is 5.69 Å². The third-order valence-corrected chi connectivity index (χ3v) is 6.61. The van der Waals surface area contributed by atoms with Gasteiger partial charge in [0.15, 0.2) is 9.84 Å². The molecule has 1 aliphatic heterocycles. The van der Waals surface area contributed by atoms with Gasteiger partial charge in [-0.25, -0.2) is 8.42 Å². The van der Waals surface area contributed by atoms with E-state index in [1.165, 1.54) is 50.7 Å². The summed E-state index contributed by atoms with van der Waals surface area (Å²) in [6, 6.07) is 4.50. The Morgan fingerprint density at radius 3 is 2.42 bits per heavy atom. The molecule has 24 heavy (non-hydrogen) atoms. The van der Waals surface area contributed by atoms with Crippen LogP contribution in [0.3, 0.4) is 0 Å². The maximum Gasteiger partial charge on any atom is 0.288 e. The van der Waals surface area contributed by atoms with E-state index in [0.717, 1.165) is 31.5 Å². The quantitative estimate of drug-likeness (QED) is 0.614. The largest absolute Gasteiger partial charge is 0.371 e. The van der Waals surface area contributed by atoms with E-state index in [-0.39, 0.29) is 10.6 Å². The summed E-state index contributed by atoms with van der Waals surface area (Å²) in [6.45, 7) is 1.80. The van der Waals surface area contributed by atoms with Gasteiger partial charge < -0.3 is 4.90 Å². The van der Waals surface area contributed by atoms with Crippen molar-refractivity contribution < 1.29 is 13.3 Å². The topological polar surface area (TPSA) is 80.5 Å². The zero-order valence-electron chi connectivity index (χ0n) is 14.0. The van der Waals surface area contributed by atoms with Crippen LogP contribution in [0.5, 0.6) is 0 Å². The third-order valence-electron chi connectivity index (χ3n) is 5.48. The van der Waals surface area contributed by atoms with Gasteiger partial charge in [-0.05, 0) is 43.2 Å². The third kappa shape index (κ3) is 3.41. The molecule has 1 saturated heterocycles. The van der Waals surface area contributed by atoms with Crippen molar-refractivity contribution in [3.63, 3.8) is 0 Å². The van der Waals surface area contributed by atoms with Gasteiger partial charge in [0.1, 0.15) is 4.90 Å². The van der Waals surface area contributed by atoms with Crippen LogP contribution in [0.25, 0.3) is 0 Å². The Balaban J connectivity index is 1.93. The first-order valence-electron chi connectivity index (χ1n) is 8.54. The molecule has 0 N–H and O–H groups in total. The Kier molecular flexibility index (Phi) is 4.55. The lowest BCUT2D eigenvalue weighted by molar-refractivity contribution is -0.387. The molecular formula is C17H24N2O4S. The van der Waals surface area contributed by atoms with Crippen LogP contribution in [0, 0.1) is 15.5 Å². The Morgan fingerprint density at radius 2 is 1.79 bits per heavy atom. The van der Waals surface area contributed by atoms with Gasteiger partial charge >= 0.3 is 0 Å². The van der Waals surface area contributed by atoms with Crippen LogP contribution in [0.15, 0.2) is 23.1 Å². The molecule has 6 nitrogen and oxygen atoms in total. The minimum atomic E-state index is -3.64. The molecule has 1 saturated carbocycles. The van der Waals surface area contributed by atoms with E-state index in [1.807, 2.05) is 0 Å². The lowest BCUT2D eigenvalue weighted by atomic mass is 9.69. The number of sulfone groups is 1. The van der Waals surface area contributed by atoms with E-state index in [0.29, 0.717) is 5.41 Å². The van der Waals surface area contributed by atoms with Crippen LogP contribution in [0.4, 0.5) is 11.4 Å². The highest BCUT2D eigenvalue weighted by Crippen LogP contribution is 2.44. The Labute approximate surface area is 142 Å². The molecule has 2 aliphatic rings. The molecule has 0 aromatic heterocycles.